The molecule has 0 radical (unpaired) electrons. The molecular weight excluding hydrogens is 284 g/mol. The van der Waals surface area contributed by atoms with Gasteiger partial charge in [-0.3, -0.25) is 10.2 Å². The SMILES string of the molecule is COc1ccc(OC)c(/C=N\OC(=O)Nc2ccccc2)c1. The molecule has 0 aliphatic rings. The molecular formula is C16H16N2O4. The van der Waals surface area contributed by atoms with Gasteiger partial charge in [0.05, 0.1) is 20.4 Å². The van der Waals surface area contributed by atoms with Gasteiger partial charge >= 0.3 is 6.09 Å². The van der Waals surface area contributed by atoms with E-state index in [0.717, 1.165) is 0 Å². The first-order chi connectivity index (χ1) is 10.7. The Labute approximate surface area is 128 Å². The topological polar surface area (TPSA) is 69.1 Å². The average molecular weight is 300 g/mol. The fourth-order valence-electron chi connectivity index (χ4n) is 1.73. The van der Waals surface area contributed by atoms with E-state index in [0.29, 0.717) is 22.7 Å². The summed E-state index contributed by atoms with van der Waals surface area (Å²) in [5.74, 6) is 1.24. The van der Waals surface area contributed by atoms with Crippen LogP contribution in [0.1, 0.15) is 5.56 Å². The van der Waals surface area contributed by atoms with E-state index in [1.165, 1.54) is 6.21 Å². The molecule has 0 aliphatic carbocycles. The molecule has 6 heteroatoms. The number of amides is 1. The number of carbonyl (C=O) groups is 1. The zero-order chi connectivity index (χ0) is 15.8. The number of nitrogens with one attached hydrogen (secondary N) is 1. The summed E-state index contributed by atoms with van der Waals surface area (Å²) in [7, 11) is 3.11. The molecule has 22 heavy (non-hydrogen) atoms. The smallest absolute Gasteiger partial charge is 0.437 e. The maximum Gasteiger partial charge on any atom is 0.437 e. The minimum atomic E-state index is -0.677. The quantitative estimate of drug-likeness (QED) is 0.522. The number of rotatable bonds is 5. The van der Waals surface area contributed by atoms with Crippen molar-refractivity contribution in [2.75, 3.05) is 19.5 Å². The van der Waals surface area contributed by atoms with Crippen molar-refractivity contribution in [1.82, 2.24) is 0 Å². The number of anilines is 1. The van der Waals surface area contributed by atoms with Crippen molar-refractivity contribution in [2.24, 2.45) is 5.16 Å². The third-order valence-electron chi connectivity index (χ3n) is 2.78. The van der Waals surface area contributed by atoms with Crippen molar-refractivity contribution in [3.63, 3.8) is 0 Å². The lowest BCUT2D eigenvalue weighted by Gasteiger charge is -2.06. The molecule has 1 amide bonds. The molecule has 0 spiro atoms. The van der Waals surface area contributed by atoms with Crippen LogP contribution in [0.2, 0.25) is 0 Å². The Morgan fingerprint density at radius 2 is 1.86 bits per heavy atom. The molecule has 114 valence electrons. The molecule has 6 nitrogen and oxygen atoms in total. The minimum Gasteiger partial charge on any atom is -0.497 e. The summed E-state index contributed by atoms with van der Waals surface area (Å²) in [6, 6.07) is 14.2. The van der Waals surface area contributed by atoms with Crippen molar-refractivity contribution in [1.29, 1.82) is 0 Å². The monoisotopic (exact) mass is 300 g/mol. The number of nitrogens with zero attached hydrogens (tertiary/aromatic N) is 1. The van der Waals surface area contributed by atoms with Gasteiger partial charge in [-0.25, -0.2) is 4.79 Å². The van der Waals surface area contributed by atoms with Crippen LogP contribution in [0, 0.1) is 0 Å². The number of para-hydroxylation sites is 1. The fourth-order valence-corrected chi connectivity index (χ4v) is 1.73. The van der Waals surface area contributed by atoms with E-state index in [4.69, 9.17) is 14.3 Å². The highest BCUT2D eigenvalue weighted by atomic mass is 16.7. The van der Waals surface area contributed by atoms with Crippen molar-refractivity contribution >= 4 is 18.0 Å². The van der Waals surface area contributed by atoms with Crippen molar-refractivity contribution in [3.05, 3.63) is 54.1 Å². The van der Waals surface area contributed by atoms with Gasteiger partial charge in [-0.05, 0) is 30.3 Å². The standard InChI is InChI=1S/C16H16N2O4/c1-20-14-8-9-15(21-2)12(10-14)11-17-22-16(19)18-13-6-4-3-5-7-13/h3-11H,1-2H3,(H,18,19)/b17-11-. The van der Waals surface area contributed by atoms with E-state index < -0.39 is 6.09 Å². The summed E-state index contributed by atoms with van der Waals surface area (Å²) in [6.07, 6.45) is 0.704. The maximum atomic E-state index is 11.6. The second-order valence-electron chi connectivity index (χ2n) is 4.21. The molecule has 0 bridgehead atoms. The van der Waals surface area contributed by atoms with Crippen LogP contribution in [-0.2, 0) is 4.84 Å². The first kappa shape index (κ1) is 15.4. The van der Waals surface area contributed by atoms with E-state index in [9.17, 15) is 4.79 Å². The number of ether oxygens (including phenoxy) is 2. The van der Waals surface area contributed by atoms with Crippen molar-refractivity contribution in [3.8, 4) is 11.5 Å². The molecule has 1 N–H and O–H groups in total. The van der Waals surface area contributed by atoms with Crippen LogP contribution < -0.4 is 14.8 Å². The molecule has 2 aromatic rings. The Bertz CT molecular complexity index is 656. The van der Waals surface area contributed by atoms with Gasteiger partial charge in [0.25, 0.3) is 0 Å². The summed E-state index contributed by atoms with van der Waals surface area (Å²) >= 11 is 0. The first-order valence-electron chi connectivity index (χ1n) is 6.51. The van der Waals surface area contributed by atoms with Crippen LogP contribution in [0.15, 0.2) is 53.7 Å². The van der Waals surface area contributed by atoms with Gasteiger partial charge in [-0.1, -0.05) is 23.4 Å². The van der Waals surface area contributed by atoms with Crippen LogP contribution in [0.4, 0.5) is 10.5 Å². The summed E-state index contributed by atoms with van der Waals surface area (Å²) < 4.78 is 10.3. The lowest BCUT2D eigenvalue weighted by atomic mass is 10.2. The molecule has 0 unspecified atom stereocenters. The molecule has 2 rings (SSSR count). The van der Waals surface area contributed by atoms with E-state index in [-0.39, 0.29) is 0 Å². The molecule has 0 saturated carbocycles. The number of methoxy groups -OCH3 is 2. The van der Waals surface area contributed by atoms with Crippen LogP contribution in [0.5, 0.6) is 11.5 Å². The summed E-state index contributed by atoms with van der Waals surface area (Å²) in [6.45, 7) is 0. The third-order valence-corrected chi connectivity index (χ3v) is 2.78. The Morgan fingerprint density at radius 3 is 2.55 bits per heavy atom. The summed E-state index contributed by atoms with van der Waals surface area (Å²) in [4.78, 5) is 16.3. The number of hydrogen-bond acceptors (Lipinski definition) is 5. The predicted molar refractivity (Wildman–Crippen MR) is 83.7 cm³/mol. The minimum absolute atomic E-state index is 0.594. The lowest BCUT2D eigenvalue weighted by molar-refractivity contribution is 0.167. The summed E-state index contributed by atoms with van der Waals surface area (Å²) in [5, 5.41) is 6.20. The lowest BCUT2D eigenvalue weighted by Crippen LogP contribution is -2.10. The predicted octanol–water partition coefficient (Wildman–Crippen LogP) is 3.29. The van der Waals surface area contributed by atoms with E-state index in [1.807, 2.05) is 6.07 Å². The Morgan fingerprint density at radius 1 is 1.09 bits per heavy atom. The van der Waals surface area contributed by atoms with Crippen molar-refractivity contribution in [2.45, 2.75) is 0 Å². The Hall–Kier alpha value is -3.02. The summed E-state index contributed by atoms with van der Waals surface area (Å²) in [5.41, 5.74) is 1.26. The molecule has 0 saturated heterocycles. The zero-order valence-corrected chi connectivity index (χ0v) is 12.3. The molecule has 0 fully saturated rings. The van der Waals surface area contributed by atoms with Crippen LogP contribution in [0.25, 0.3) is 0 Å². The van der Waals surface area contributed by atoms with Gasteiger partial charge < -0.3 is 9.47 Å². The Balaban J connectivity index is 1.98. The average Bonchev–Trinajstić information content (AvgIpc) is 2.55. The zero-order valence-electron chi connectivity index (χ0n) is 12.3. The number of oxime groups is 1. The highest BCUT2D eigenvalue weighted by molar-refractivity contribution is 5.87. The number of hydrogen-bond donors (Lipinski definition) is 1. The van der Waals surface area contributed by atoms with Gasteiger partial charge in [0.15, 0.2) is 0 Å². The van der Waals surface area contributed by atoms with Crippen LogP contribution in [0.3, 0.4) is 0 Å². The van der Waals surface area contributed by atoms with Gasteiger partial charge in [0.1, 0.15) is 11.5 Å². The molecule has 0 aromatic heterocycles. The highest BCUT2D eigenvalue weighted by Gasteiger charge is 2.04. The van der Waals surface area contributed by atoms with Gasteiger partial charge in [-0.15, -0.1) is 0 Å². The fraction of sp³-hybridized carbons (Fsp3) is 0.125. The van der Waals surface area contributed by atoms with E-state index in [2.05, 4.69) is 10.5 Å². The number of carbonyl (C=O) groups excluding carboxylic acids is 1. The second-order valence-corrected chi connectivity index (χ2v) is 4.21. The third kappa shape index (κ3) is 4.24. The van der Waals surface area contributed by atoms with Gasteiger partial charge in [0.2, 0.25) is 0 Å². The van der Waals surface area contributed by atoms with E-state index in [1.54, 1.807) is 56.7 Å². The van der Waals surface area contributed by atoms with Gasteiger partial charge in [0, 0.05) is 11.3 Å². The molecule has 2 aromatic carbocycles. The van der Waals surface area contributed by atoms with Gasteiger partial charge in [-0.2, -0.15) is 0 Å². The largest absolute Gasteiger partial charge is 0.497 e. The Kier molecular flexibility index (Phi) is 5.37. The second kappa shape index (κ2) is 7.68. The van der Waals surface area contributed by atoms with Crippen LogP contribution in [-0.4, -0.2) is 26.5 Å². The molecule has 0 heterocycles. The molecule has 0 aliphatic heterocycles. The van der Waals surface area contributed by atoms with Crippen LogP contribution >= 0.6 is 0 Å². The first-order valence-corrected chi connectivity index (χ1v) is 6.51. The maximum absolute atomic E-state index is 11.6. The van der Waals surface area contributed by atoms with E-state index >= 15 is 0 Å². The molecule has 0 atom stereocenters. The highest BCUT2D eigenvalue weighted by Crippen LogP contribution is 2.22. The van der Waals surface area contributed by atoms with Crippen molar-refractivity contribution < 1.29 is 19.1 Å². The normalized spacial score (nSPS) is 10.3. The number of benzene rings is 2.